The number of benzene rings is 1. The Bertz CT molecular complexity index is 1070. The highest BCUT2D eigenvalue weighted by Gasteiger charge is 2.23. The maximum absolute atomic E-state index is 13.8. The Kier molecular flexibility index (Phi) is 6.01. The number of rotatable bonds is 5. The first-order chi connectivity index (χ1) is 15.0. The number of piperazine rings is 1. The van der Waals surface area contributed by atoms with Crippen LogP contribution in [0.25, 0.3) is 0 Å². The van der Waals surface area contributed by atoms with Crippen LogP contribution in [0.1, 0.15) is 11.3 Å². The Morgan fingerprint density at radius 3 is 2.48 bits per heavy atom. The van der Waals surface area contributed by atoms with Gasteiger partial charge in [0, 0.05) is 37.9 Å². The van der Waals surface area contributed by atoms with Gasteiger partial charge in [-0.05, 0) is 42.8 Å². The summed E-state index contributed by atoms with van der Waals surface area (Å²) < 4.78 is 26.8. The summed E-state index contributed by atoms with van der Waals surface area (Å²) in [5.41, 5.74) is 1.11. The predicted molar refractivity (Wildman–Crippen MR) is 113 cm³/mol. The van der Waals surface area contributed by atoms with Crippen molar-refractivity contribution in [1.29, 1.82) is 0 Å². The molecule has 0 atom stereocenters. The topological polar surface area (TPSA) is 74.2 Å². The predicted octanol–water partition coefficient (Wildman–Crippen LogP) is 3.09. The molecule has 1 aromatic carbocycles. The minimum atomic E-state index is -0.697. The SMILES string of the molecule is Cc1cccc(Nc2ccc(N3CCN(C(=O)Cc4ccc(F)cc4F)CC3)nn2)n1. The number of hydrogen-bond acceptors (Lipinski definition) is 6. The molecular formula is C22H22F2N6O. The fourth-order valence-corrected chi connectivity index (χ4v) is 3.43. The molecule has 1 aliphatic rings. The van der Waals surface area contributed by atoms with Crippen molar-refractivity contribution in [3.05, 3.63) is 71.4 Å². The second-order valence-corrected chi connectivity index (χ2v) is 7.35. The lowest BCUT2D eigenvalue weighted by Gasteiger charge is -2.35. The lowest BCUT2D eigenvalue weighted by atomic mass is 10.1. The van der Waals surface area contributed by atoms with Crippen LogP contribution in [0, 0.1) is 18.6 Å². The van der Waals surface area contributed by atoms with E-state index in [0.717, 1.165) is 23.6 Å². The number of carbonyl (C=O) groups excluding carboxylic acids is 1. The van der Waals surface area contributed by atoms with E-state index in [0.29, 0.717) is 37.8 Å². The highest BCUT2D eigenvalue weighted by molar-refractivity contribution is 5.79. The largest absolute Gasteiger partial charge is 0.352 e. The first-order valence-corrected chi connectivity index (χ1v) is 9.99. The van der Waals surface area contributed by atoms with Crippen LogP contribution < -0.4 is 10.2 Å². The molecule has 0 bridgehead atoms. The summed E-state index contributed by atoms with van der Waals surface area (Å²) in [4.78, 5) is 20.6. The van der Waals surface area contributed by atoms with E-state index in [9.17, 15) is 13.6 Å². The fourth-order valence-electron chi connectivity index (χ4n) is 3.43. The summed E-state index contributed by atoms with van der Waals surface area (Å²) in [5.74, 6) is 0.487. The highest BCUT2D eigenvalue weighted by Crippen LogP contribution is 2.18. The van der Waals surface area contributed by atoms with Crippen LogP contribution in [0.15, 0.2) is 48.5 Å². The minimum Gasteiger partial charge on any atom is -0.352 e. The molecule has 0 saturated carbocycles. The molecule has 3 heterocycles. The van der Waals surface area contributed by atoms with E-state index in [2.05, 4.69) is 20.5 Å². The number of hydrogen-bond donors (Lipinski definition) is 1. The van der Waals surface area contributed by atoms with Crippen LogP contribution >= 0.6 is 0 Å². The third-order valence-electron chi connectivity index (χ3n) is 5.11. The van der Waals surface area contributed by atoms with Crippen molar-refractivity contribution in [3.8, 4) is 0 Å². The van der Waals surface area contributed by atoms with E-state index >= 15 is 0 Å². The average Bonchev–Trinajstić information content (AvgIpc) is 2.76. The lowest BCUT2D eigenvalue weighted by molar-refractivity contribution is -0.130. The van der Waals surface area contributed by atoms with Gasteiger partial charge in [-0.1, -0.05) is 12.1 Å². The molecule has 0 unspecified atom stereocenters. The van der Waals surface area contributed by atoms with Crippen molar-refractivity contribution in [2.24, 2.45) is 0 Å². The molecule has 7 nitrogen and oxygen atoms in total. The number of carbonyl (C=O) groups is 1. The fraction of sp³-hybridized carbons (Fsp3) is 0.273. The molecule has 2 aromatic heterocycles. The second kappa shape index (κ2) is 9.03. The minimum absolute atomic E-state index is 0.0840. The zero-order valence-electron chi connectivity index (χ0n) is 17.1. The smallest absolute Gasteiger partial charge is 0.227 e. The van der Waals surface area contributed by atoms with Gasteiger partial charge in [0.1, 0.15) is 17.5 Å². The van der Waals surface area contributed by atoms with Gasteiger partial charge in [-0.2, -0.15) is 0 Å². The highest BCUT2D eigenvalue weighted by atomic mass is 19.1. The first-order valence-electron chi connectivity index (χ1n) is 9.99. The number of aryl methyl sites for hydroxylation is 1. The van der Waals surface area contributed by atoms with Gasteiger partial charge >= 0.3 is 0 Å². The number of aromatic nitrogens is 3. The van der Waals surface area contributed by atoms with Crippen molar-refractivity contribution in [1.82, 2.24) is 20.1 Å². The molecule has 0 spiro atoms. The van der Waals surface area contributed by atoms with Gasteiger partial charge in [0.05, 0.1) is 6.42 Å². The van der Waals surface area contributed by atoms with Crippen molar-refractivity contribution in [3.63, 3.8) is 0 Å². The average molecular weight is 424 g/mol. The molecule has 4 rings (SSSR count). The monoisotopic (exact) mass is 424 g/mol. The Hall–Kier alpha value is -3.62. The molecule has 160 valence electrons. The maximum atomic E-state index is 13.8. The third kappa shape index (κ3) is 5.11. The van der Waals surface area contributed by atoms with Gasteiger partial charge in [-0.15, -0.1) is 10.2 Å². The summed E-state index contributed by atoms with van der Waals surface area (Å²) in [7, 11) is 0. The summed E-state index contributed by atoms with van der Waals surface area (Å²) in [6.07, 6.45) is -0.0840. The van der Waals surface area contributed by atoms with Crippen molar-refractivity contribution < 1.29 is 13.6 Å². The summed E-state index contributed by atoms with van der Waals surface area (Å²) in [6, 6.07) is 12.7. The van der Waals surface area contributed by atoms with Gasteiger partial charge < -0.3 is 15.1 Å². The van der Waals surface area contributed by atoms with Crippen LogP contribution in [0.2, 0.25) is 0 Å². The van der Waals surface area contributed by atoms with Gasteiger partial charge in [-0.3, -0.25) is 4.79 Å². The van der Waals surface area contributed by atoms with Gasteiger partial charge in [0.15, 0.2) is 11.6 Å². The molecule has 31 heavy (non-hydrogen) atoms. The van der Waals surface area contributed by atoms with Crippen LogP contribution in [0.5, 0.6) is 0 Å². The molecule has 9 heteroatoms. The van der Waals surface area contributed by atoms with E-state index < -0.39 is 11.6 Å². The van der Waals surface area contributed by atoms with Gasteiger partial charge in [0.2, 0.25) is 5.91 Å². The molecule has 1 fully saturated rings. The maximum Gasteiger partial charge on any atom is 0.227 e. The zero-order valence-corrected chi connectivity index (χ0v) is 17.1. The molecule has 3 aromatic rings. The summed E-state index contributed by atoms with van der Waals surface area (Å²) in [5, 5.41) is 11.6. The second-order valence-electron chi connectivity index (χ2n) is 7.35. The van der Waals surface area contributed by atoms with Crippen molar-refractivity contribution >= 4 is 23.4 Å². The van der Waals surface area contributed by atoms with Gasteiger partial charge in [0.25, 0.3) is 0 Å². The van der Waals surface area contributed by atoms with Crippen LogP contribution in [0.4, 0.5) is 26.2 Å². The quantitative estimate of drug-likeness (QED) is 0.679. The van der Waals surface area contributed by atoms with E-state index in [1.165, 1.54) is 6.07 Å². The normalized spacial score (nSPS) is 13.9. The van der Waals surface area contributed by atoms with E-state index in [-0.39, 0.29) is 17.9 Å². The number of pyridine rings is 1. The summed E-state index contributed by atoms with van der Waals surface area (Å²) >= 11 is 0. The third-order valence-corrected chi connectivity index (χ3v) is 5.11. The van der Waals surface area contributed by atoms with E-state index in [1.54, 1.807) is 4.90 Å². The first kappa shape index (κ1) is 20.6. The van der Waals surface area contributed by atoms with E-state index in [4.69, 9.17) is 0 Å². The van der Waals surface area contributed by atoms with Crippen LogP contribution in [-0.2, 0) is 11.2 Å². The Morgan fingerprint density at radius 2 is 1.81 bits per heavy atom. The molecule has 1 aliphatic heterocycles. The molecular weight excluding hydrogens is 402 g/mol. The molecule has 1 amide bonds. The number of nitrogens with one attached hydrogen (secondary N) is 1. The van der Waals surface area contributed by atoms with Crippen molar-refractivity contribution in [2.75, 3.05) is 36.4 Å². The molecule has 1 saturated heterocycles. The van der Waals surface area contributed by atoms with Gasteiger partial charge in [-0.25, -0.2) is 13.8 Å². The molecule has 1 N–H and O–H groups in total. The van der Waals surface area contributed by atoms with E-state index in [1.807, 2.05) is 42.2 Å². The zero-order chi connectivity index (χ0) is 21.8. The number of nitrogens with zero attached hydrogens (tertiary/aromatic N) is 5. The number of halogens is 2. The lowest BCUT2D eigenvalue weighted by Crippen LogP contribution is -2.49. The Morgan fingerprint density at radius 1 is 1.00 bits per heavy atom. The molecule has 0 aliphatic carbocycles. The van der Waals surface area contributed by atoms with Crippen LogP contribution in [-0.4, -0.2) is 52.2 Å². The Balaban J connectivity index is 1.31. The number of amides is 1. The molecule has 0 radical (unpaired) electrons. The summed E-state index contributed by atoms with van der Waals surface area (Å²) in [6.45, 7) is 4.10. The number of anilines is 3. The Labute approximate surface area is 178 Å². The van der Waals surface area contributed by atoms with Crippen LogP contribution in [0.3, 0.4) is 0 Å². The standard InChI is InChI=1S/C22H22F2N6O/c1-15-3-2-4-19(25-15)26-20-7-8-21(28-27-20)29-9-11-30(12-10-29)22(31)13-16-5-6-17(23)14-18(16)24/h2-8,14H,9-13H2,1H3,(H,25,26,27). The van der Waals surface area contributed by atoms with Crippen molar-refractivity contribution in [2.45, 2.75) is 13.3 Å².